The molecule has 0 fully saturated rings. The van der Waals surface area contributed by atoms with Gasteiger partial charge in [0, 0.05) is 45.2 Å². The number of hydrogen-bond donors (Lipinski definition) is 0. The summed E-state index contributed by atoms with van der Waals surface area (Å²) in [5.41, 5.74) is 5.99. The minimum atomic E-state index is -0.562. The fraction of sp³-hybridized carbons (Fsp3) is 0.0755. The molecule has 5 heteroatoms. The van der Waals surface area contributed by atoms with Crippen LogP contribution in [0.4, 0.5) is 22.7 Å². The number of para-hydroxylation sites is 4. The van der Waals surface area contributed by atoms with Crippen molar-refractivity contribution in [1.29, 1.82) is 0 Å². The molecule has 0 N–H and O–H groups in total. The van der Waals surface area contributed by atoms with E-state index in [0.717, 1.165) is 27.5 Å². The number of aromatic nitrogens is 1. The van der Waals surface area contributed by atoms with E-state index in [-0.39, 0.29) is 54.4 Å². The van der Waals surface area contributed by atoms with Crippen LogP contribution in [0.15, 0.2) is 176 Å². The minimum absolute atomic E-state index is 0. The van der Waals surface area contributed by atoms with E-state index in [4.69, 9.17) is 18.4 Å². The van der Waals surface area contributed by atoms with Gasteiger partial charge in [-0.15, -0.1) is 54.1 Å². The fourth-order valence-corrected chi connectivity index (χ4v) is 7.45. The SMILES string of the molecule is [2H]c1c([2H])c([2H])c(-c2cccc(-c3c([2H])c([2H])c([2H])c([2H])c3[2H])c2N2[CH-]N(c3[c-]c(Oc4[c-]c5c(cc4)c4ccccc4n5-c4[c-]ccc(C(C)(C)C)c4)ccc3)c3ccccc32)c([2H])c1[2H].[Pt+4]. The van der Waals surface area contributed by atoms with Gasteiger partial charge in [-0.2, -0.15) is 35.9 Å². The number of nitrogens with zero attached hydrogens (tertiary/aromatic N) is 3. The topological polar surface area (TPSA) is 20.6 Å². The van der Waals surface area contributed by atoms with Gasteiger partial charge in [-0.1, -0.05) is 141 Å². The van der Waals surface area contributed by atoms with Crippen LogP contribution in [0.3, 0.4) is 0 Å². The Morgan fingerprint density at radius 1 is 0.603 bits per heavy atom. The molecule has 0 bridgehead atoms. The number of rotatable bonds is 7. The molecule has 2 heterocycles. The number of benzene rings is 8. The number of anilines is 4. The Morgan fingerprint density at radius 2 is 1.24 bits per heavy atom. The maximum atomic E-state index is 9.00. The van der Waals surface area contributed by atoms with Crippen LogP contribution in [-0.4, -0.2) is 4.57 Å². The van der Waals surface area contributed by atoms with Gasteiger partial charge in [0.05, 0.1) is 13.7 Å². The zero-order valence-corrected chi connectivity index (χ0v) is 33.9. The van der Waals surface area contributed by atoms with Gasteiger partial charge < -0.3 is 19.1 Å². The Balaban J connectivity index is 0.00000578. The van der Waals surface area contributed by atoms with Gasteiger partial charge in [0.25, 0.3) is 0 Å². The molecule has 1 aliphatic rings. The molecule has 10 rings (SSSR count). The molecule has 0 atom stereocenters. The molecule has 1 aromatic heterocycles. The van der Waals surface area contributed by atoms with Crippen LogP contribution in [0.1, 0.15) is 40.0 Å². The molecule has 1 aliphatic heterocycles. The monoisotopic (exact) mass is 938 g/mol. The van der Waals surface area contributed by atoms with Crippen molar-refractivity contribution in [3.05, 3.63) is 206 Å². The third-order valence-electron chi connectivity index (χ3n) is 10.1. The zero-order valence-electron chi connectivity index (χ0n) is 41.6. The maximum absolute atomic E-state index is 9.00. The first-order valence-electron chi connectivity index (χ1n) is 23.5. The van der Waals surface area contributed by atoms with Crippen LogP contribution in [0.5, 0.6) is 11.5 Å². The fourth-order valence-electron chi connectivity index (χ4n) is 7.45. The Morgan fingerprint density at radius 3 is 1.95 bits per heavy atom. The smallest absolute Gasteiger partial charge is 0.509 e. The molecule has 0 saturated carbocycles. The third kappa shape index (κ3) is 6.68. The van der Waals surface area contributed by atoms with E-state index in [9.17, 15) is 0 Å². The molecule has 0 amide bonds. The molecular formula is C53H39N3OPt. The van der Waals surface area contributed by atoms with Crippen molar-refractivity contribution in [2.45, 2.75) is 26.2 Å². The first-order chi connectivity index (χ1) is 32.0. The van der Waals surface area contributed by atoms with Crippen LogP contribution >= 0.6 is 0 Å². The van der Waals surface area contributed by atoms with E-state index in [2.05, 4.69) is 67.8 Å². The van der Waals surface area contributed by atoms with Crippen LogP contribution in [-0.2, 0) is 26.5 Å². The van der Waals surface area contributed by atoms with Gasteiger partial charge in [0.2, 0.25) is 0 Å². The van der Waals surface area contributed by atoms with Gasteiger partial charge in [0.1, 0.15) is 0 Å². The Labute approximate surface area is 368 Å². The van der Waals surface area contributed by atoms with E-state index in [1.54, 1.807) is 35.8 Å². The van der Waals surface area contributed by atoms with Crippen LogP contribution in [0.2, 0.25) is 0 Å². The first kappa shape index (κ1) is 27.3. The summed E-state index contributed by atoms with van der Waals surface area (Å²) in [6.07, 6.45) is 0. The molecular weight excluding hydrogens is 890 g/mol. The first-order valence-corrected chi connectivity index (χ1v) is 18.5. The second-order valence-corrected chi connectivity index (χ2v) is 14.7. The van der Waals surface area contributed by atoms with Crippen molar-refractivity contribution in [3.63, 3.8) is 0 Å². The molecule has 4 nitrogen and oxygen atoms in total. The zero-order chi connectivity index (χ0) is 47.2. The summed E-state index contributed by atoms with van der Waals surface area (Å²) in [6.45, 7) is 8.29. The number of hydrogen-bond acceptors (Lipinski definition) is 3. The van der Waals surface area contributed by atoms with Crippen molar-refractivity contribution >= 4 is 44.6 Å². The minimum Gasteiger partial charge on any atom is -0.509 e. The maximum Gasteiger partial charge on any atom is 4.00 e. The summed E-state index contributed by atoms with van der Waals surface area (Å²) in [7, 11) is 0. The summed E-state index contributed by atoms with van der Waals surface area (Å²) in [4.78, 5) is 3.60. The van der Waals surface area contributed by atoms with E-state index in [1.165, 1.54) is 5.56 Å². The molecule has 0 radical (unpaired) electrons. The van der Waals surface area contributed by atoms with Gasteiger partial charge in [-0.25, -0.2) is 0 Å². The molecule has 58 heavy (non-hydrogen) atoms. The molecule has 9 aromatic rings. The van der Waals surface area contributed by atoms with Crippen LogP contribution in [0.25, 0.3) is 49.7 Å². The standard InChI is InChI=1S/C53H39N3O.Pt/c1-53(2,3)39-21-14-23-41(33-39)56-48-28-11-10-25-46(48)47-32-31-43(35-51(47)56)57-42-24-15-22-40(34-42)54-36-55(50-30-13-12-29-49(50)54)52-44(37-17-6-4-7-18-37)26-16-27-45(52)38-19-8-5-9-20-38;/h4-22,24-33,36H,1-3H3;/q-4;+4/i4D,5D,6D,7D,8D,9D,17D,18D,19D,20D;. The van der Waals surface area contributed by atoms with Gasteiger partial charge >= 0.3 is 21.1 Å². The van der Waals surface area contributed by atoms with Crippen molar-refractivity contribution in [2.75, 3.05) is 9.80 Å². The normalized spacial score (nSPS) is 14.9. The summed E-state index contributed by atoms with van der Waals surface area (Å²) < 4.78 is 95.5. The van der Waals surface area contributed by atoms with Crippen molar-refractivity contribution in [3.8, 4) is 39.4 Å². The number of ether oxygens (including phenoxy) is 1. The Bertz CT molecular complexity index is 3370. The summed E-state index contributed by atoms with van der Waals surface area (Å²) in [5.74, 6) is 0.848. The largest absolute Gasteiger partial charge is 4.00 e. The summed E-state index contributed by atoms with van der Waals surface area (Å²) in [5, 5.41) is 2.07. The predicted molar refractivity (Wildman–Crippen MR) is 235 cm³/mol. The van der Waals surface area contributed by atoms with Gasteiger partial charge in [-0.3, -0.25) is 0 Å². The van der Waals surface area contributed by atoms with E-state index in [0.29, 0.717) is 28.6 Å². The second-order valence-electron chi connectivity index (χ2n) is 14.7. The van der Waals surface area contributed by atoms with Gasteiger partial charge in [0.15, 0.2) is 0 Å². The van der Waals surface area contributed by atoms with E-state index >= 15 is 0 Å². The van der Waals surface area contributed by atoms with Crippen molar-refractivity contribution in [2.24, 2.45) is 0 Å². The summed E-state index contributed by atoms with van der Waals surface area (Å²) >= 11 is 0. The molecule has 0 saturated heterocycles. The number of fused-ring (bicyclic) bond motifs is 4. The van der Waals surface area contributed by atoms with Crippen molar-refractivity contribution < 1.29 is 39.5 Å². The molecule has 0 spiro atoms. The Hall–Kier alpha value is -6.35. The average Bonchev–Trinajstić information content (AvgIpc) is 3.87. The predicted octanol–water partition coefficient (Wildman–Crippen LogP) is 14.0. The Kier molecular flexibility index (Phi) is 7.15. The average molecular weight is 939 g/mol. The van der Waals surface area contributed by atoms with E-state index in [1.807, 2.05) is 71.6 Å². The molecule has 8 aromatic carbocycles. The van der Waals surface area contributed by atoms with E-state index < -0.39 is 60.4 Å². The van der Waals surface area contributed by atoms with Crippen molar-refractivity contribution in [1.82, 2.24) is 4.57 Å². The molecule has 0 aliphatic carbocycles. The van der Waals surface area contributed by atoms with Crippen LogP contribution < -0.4 is 14.5 Å². The second kappa shape index (κ2) is 15.2. The molecule has 282 valence electrons. The van der Waals surface area contributed by atoms with Gasteiger partial charge in [-0.05, 0) is 40.1 Å². The quantitative estimate of drug-likeness (QED) is 0.149. The molecule has 0 unspecified atom stereocenters. The third-order valence-corrected chi connectivity index (χ3v) is 10.1. The van der Waals surface area contributed by atoms with Crippen LogP contribution in [0, 0.1) is 24.9 Å². The summed E-state index contributed by atoms with van der Waals surface area (Å²) in [6, 6.07) is 41.3.